The Hall–Kier alpha value is -3.75. The van der Waals surface area contributed by atoms with E-state index in [1.165, 1.54) is 17.7 Å². The number of fused-ring (bicyclic) bond motifs is 2. The smallest absolute Gasteiger partial charge is 0.337 e. The summed E-state index contributed by atoms with van der Waals surface area (Å²) in [4.78, 5) is 38.5. The fraction of sp³-hybridized carbons (Fsp3) is 0.286. The molecule has 4 rings (SSSR count). The van der Waals surface area contributed by atoms with Gasteiger partial charge in [0.2, 0.25) is 6.79 Å². The fourth-order valence-corrected chi connectivity index (χ4v) is 3.80. The number of allylic oxidation sites excluding steroid dienone is 1. The normalized spacial score (nSPS) is 16.7. The molecule has 2 aromatic rings. The molecule has 0 amide bonds. The van der Waals surface area contributed by atoms with Gasteiger partial charge in [0.05, 0.1) is 17.1 Å². The monoisotopic (exact) mass is 411 g/mol. The van der Waals surface area contributed by atoms with Gasteiger partial charge in [-0.3, -0.25) is 13.9 Å². The maximum Gasteiger partial charge on any atom is 0.337 e. The summed E-state index contributed by atoms with van der Waals surface area (Å²) in [7, 11) is 2.97. The minimum atomic E-state index is -0.765. The van der Waals surface area contributed by atoms with Crippen molar-refractivity contribution in [2.45, 2.75) is 12.8 Å². The summed E-state index contributed by atoms with van der Waals surface area (Å²) in [5.41, 5.74) is 0.713. The number of carbonyl (C=O) groups excluding carboxylic acids is 1. The lowest BCUT2D eigenvalue weighted by Crippen LogP contribution is -2.43. The SMILES string of the molecule is C=CCOC(=O)C1=C(C)Nc2c(c(=O)n(C)c(=O)n2C)C1c1ccc2c(c1)OCO2. The summed E-state index contributed by atoms with van der Waals surface area (Å²) in [6.07, 6.45) is 1.47. The Kier molecular flexibility index (Phi) is 4.73. The van der Waals surface area contributed by atoms with E-state index in [1.807, 2.05) is 0 Å². The van der Waals surface area contributed by atoms with Gasteiger partial charge in [-0.05, 0) is 24.6 Å². The summed E-state index contributed by atoms with van der Waals surface area (Å²) in [6, 6.07) is 5.24. The van der Waals surface area contributed by atoms with E-state index in [1.54, 1.807) is 32.2 Å². The minimum absolute atomic E-state index is 0.0294. The highest BCUT2D eigenvalue weighted by atomic mass is 16.7. The van der Waals surface area contributed by atoms with E-state index in [4.69, 9.17) is 14.2 Å². The van der Waals surface area contributed by atoms with Gasteiger partial charge in [-0.2, -0.15) is 0 Å². The number of rotatable bonds is 4. The van der Waals surface area contributed by atoms with E-state index < -0.39 is 23.1 Å². The Bertz CT molecular complexity index is 1220. The number of hydrogen-bond donors (Lipinski definition) is 1. The van der Waals surface area contributed by atoms with Gasteiger partial charge >= 0.3 is 11.7 Å². The molecule has 156 valence electrons. The van der Waals surface area contributed by atoms with Crippen LogP contribution in [0.15, 0.2) is 51.7 Å². The lowest BCUT2D eigenvalue weighted by atomic mass is 9.82. The molecule has 2 aliphatic heterocycles. The second-order valence-corrected chi connectivity index (χ2v) is 7.06. The number of nitrogens with zero attached hydrogens (tertiary/aromatic N) is 2. The second kappa shape index (κ2) is 7.25. The van der Waals surface area contributed by atoms with E-state index in [0.717, 1.165) is 4.57 Å². The van der Waals surface area contributed by atoms with E-state index in [0.29, 0.717) is 28.6 Å². The number of carbonyl (C=O) groups is 1. The fourth-order valence-electron chi connectivity index (χ4n) is 3.80. The molecule has 3 heterocycles. The zero-order valence-electron chi connectivity index (χ0n) is 16.9. The van der Waals surface area contributed by atoms with Crippen LogP contribution in [0.25, 0.3) is 0 Å². The topological polar surface area (TPSA) is 101 Å². The molecule has 9 nitrogen and oxygen atoms in total. The van der Waals surface area contributed by atoms with Crippen LogP contribution in [0, 0.1) is 0 Å². The van der Waals surface area contributed by atoms with Crippen molar-refractivity contribution in [2.24, 2.45) is 14.1 Å². The van der Waals surface area contributed by atoms with E-state index in [-0.39, 0.29) is 24.5 Å². The molecule has 1 aromatic heterocycles. The van der Waals surface area contributed by atoms with Crippen molar-refractivity contribution in [1.82, 2.24) is 9.13 Å². The molecular formula is C21H21N3O6. The molecule has 0 radical (unpaired) electrons. The lowest BCUT2D eigenvalue weighted by molar-refractivity contribution is -0.138. The van der Waals surface area contributed by atoms with Crippen LogP contribution in [0.5, 0.6) is 11.5 Å². The largest absolute Gasteiger partial charge is 0.458 e. The number of hydrogen-bond acceptors (Lipinski definition) is 7. The van der Waals surface area contributed by atoms with Crippen molar-refractivity contribution < 1.29 is 19.0 Å². The molecule has 9 heteroatoms. The van der Waals surface area contributed by atoms with Crippen LogP contribution in [0.4, 0.5) is 5.82 Å². The van der Waals surface area contributed by atoms with Crippen LogP contribution in [0.2, 0.25) is 0 Å². The quantitative estimate of drug-likeness (QED) is 0.599. The zero-order valence-corrected chi connectivity index (χ0v) is 16.9. The van der Waals surface area contributed by atoms with Crippen LogP contribution in [0.1, 0.15) is 24.0 Å². The van der Waals surface area contributed by atoms with Crippen LogP contribution in [0.3, 0.4) is 0 Å². The standard InChI is InChI=1S/C21H21N3O6/c1-5-8-28-20(26)15-11(2)22-18-17(19(25)24(4)21(27)23(18)3)16(15)12-6-7-13-14(9-12)30-10-29-13/h5-7,9,16,22H,1,8,10H2,2-4H3. The molecule has 2 aliphatic rings. The van der Waals surface area contributed by atoms with Gasteiger partial charge in [0.25, 0.3) is 5.56 Å². The first-order chi connectivity index (χ1) is 14.3. The Labute approximate surface area is 171 Å². The van der Waals surface area contributed by atoms with Gasteiger partial charge in [-0.15, -0.1) is 0 Å². The lowest BCUT2D eigenvalue weighted by Gasteiger charge is -2.30. The van der Waals surface area contributed by atoms with Crippen LogP contribution >= 0.6 is 0 Å². The number of benzene rings is 1. The second-order valence-electron chi connectivity index (χ2n) is 7.06. The first-order valence-electron chi connectivity index (χ1n) is 9.30. The van der Waals surface area contributed by atoms with Crippen LogP contribution < -0.4 is 26.0 Å². The van der Waals surface area contributed by atoms with E-state index in [9.17, 15) is 14.4 Å². The average molecular weight is 411 g/mol. The molecule has 0 saturated carbocycles. The predicted octanol–water partition coefficient (Wildman–Crippen LogP) is 1.37. The molecule has 0 aliphatic carbocycles. The average Bonchev–Trinajstić information content (AvgIpc) is 3.21. The third-order valence-corrected chi connectivity index (χ3v) is 5.27. The summed E-state index contributed by atoms with van der Waals surface area (Å²) in [5.74, 6) is 0.0923. The van der Waals surface area contributed by atoms with Crippen molar-refractivity contribution in [2.75, 3.05) is 18.7 Å². The van der Waals surface area contributed by atoms with Gasteiger partial charge in [0.15, 0.2) is 11.5 Å². The number of ether oxygens (including phenoxy) is 3. The molecule has 0 bridgehead atoms. The highest BCUT2D eigenvalue weighted by Gasteiger charge is 2.38. The van der Waals surface area contributed by atoms with Gasteiger partial charge in [0.1, 0.15) is 12.4 Å². The molecule has 30 heavy (non-hydrogen) atoms. The number of esters is 1. The maximum atomic E-state index is 13.2. The Morgan fingerprint density at radius 3 is 2.73 bits per heavy atom. The van der Waals surface area contributed by atoms with Crippen molar-refractivity contribution in [3.05, 3.63) is 74.1 Å². The van der Waals surface area contributed by atoms with Crippen molar-refractivity contribution in [1.29, 1.82) is 0 Å². The summed E-state index contributed by atoms with van der Waals surface area (Å²) in [5, 5.41) is 3.04. The van der Waals surface area contributed by atoms with E-state index >= 15 is 0 Å². The number of anilines is 1. The predicted molar refractivity (Wildman–Crippen MR) is 109 cm³/mol. The molecule has 1 aromatic carbocycles. The van der Waals surface area contributed by atoms with Crippen LogP contribution in [-0.4, -0.2) is 28.5 Å². The van der Waals surface area contributed by atoms with E-state index in [2.05, 4.69) is 11.9 Å². The maximum absolute atomic E-state index is 13.2. The van der Waals surface area contributed by atoms with Gasteiger partial charge < -0.3 is 19.5 Å². The van der Waals surface area contributed by atoms with Gasteiger partial charge in [-0.25, -0.2) is 9.59 Å². The molecule has 1 atom stereocenters. The Balaban J connectivity index is 1.99. The van der Waals surface area contributed by atoms with Gasteiger partial charge in [0, 0.05) is 19.8 Å². The Morgan fingerprint density at radius 1 is 1.27 bits per heavy atom. The zero-order chi connectivity index (χ0) is 21.6. The highest BCUT2D eigenvalue weighted by molar-refractivity contribution is 5.94. The molecule has 0 spiro atoms. The Morgan fingerprint density at radius 2 is 2.00 bits per heavy atom. The third-order valence-electron chi connectivity index (χ3n) is 5.27. The first-order valence-corrected chi connectivity index (χ1v) is 9.30. The molecule has 0 saturated heterocycles. The summed E-state index contributed by atoms with van der Waals surface area (Å²) in [6.45, 7) is 5.40. The number of nitrogens with one attached hydrogen (secondary N) is 1. The highest BCUT2D eigenvalue weighted by Crippen LogP contribution is 2.43. The summed E-state index contributed by atoms with van der Waals surface area (Å²) >= 11 is 0. The first kappa shape index (κ1) is 19.6. The van der Waals surface area contributed by atoms with Crippen molar-refractivity contribution in [3.63, 3.8) is 0 Å². The molecule has 1 N–H and O–H groups in total. The number of aromatic nitrogens is 2. The summed E-state index contributed by atoms with van der Waals surface area (Å²) < 4.78 is 18.5. The van der Waals surface area contributed by atoms with Crippen molar-refractivity contribution >= 4 is 11.8 Å². The van der Waals surface area contributed by atoms with Crippen molar-refractivity contribution in [3.8, 4) is 11.5 Å². The molecular weight excluding hydrogens is 390 g/mol. The van der Waals surface area contributed by atoms with Crippen LogP contribution in [-0.2, 0) is 23.6 Å². The third kappa shape index (κ3) is 2.90. The minimum Gasteiger partial charge on any atom is -0.458 e. The van der Waals surface area contributed by atoms with Gasteiger partial charge in [-0.1, -0.05) is 18.7 Å². The molecule has 0 fully saturated rings. The molecule has 1 unspecified atom stereocenters.